The largest absolute Gasteiger partial charge is 0.461 e. The van der Waals surface area contributed by atoms with Crippen LogP contribution in [-0.2, 0) is 24.4 Å². The first-order valence-corrected chi connectivity index (χ1v) is 11.9. The van der Waals surface area contributed by atoms with Crippen molar-refractivity contribution in [2.75, 3.05) is 5.75 Å². The highest BCUT2D eigenvalue weighted by Gasteiger charge is 2.20. The Hall–Kier alpha value is -2.36. The highest BCUT2D eigenvalue weighted by molar-refractivity contribution is 7.99. The molecule has 9 heteroatoms. The van der Waals surface area contributed by atoms with E-state index in [1.165, 1.54) is 21.5 Å². The van der Waals surface area contributed by atoms with E-state index in [1.807, 2.05) is 51.4 Å². The van der Waals surface area contributed by atoms with Gasteiger partial charge >= 0.3 is 0 Å². The van der Waals surface area contributed by atoms with Crippen LogP contribution in [0.3, 0.4) is 0 Å². The molecule has 0 bridgehead atoms. The summed E-state index contributed by atoms with van der Waals surface area (Å²) in [6.07, 6.45) is 1.62. The minimum atomic E-state index is 0.0852. The summed E-state index contributed by atoms with van der Waals surface area (Å²) in [5.74, 6) is 1.76. The molecular weight excluding hydrogens is 424 g/mol. The summed E-state index contributed by atoms with van der Waals surface area (Å²) in [6, 6.07) is 11.9. The number of thiophene rings is 2. The number of rotatable bonds is 9. The molecule has 0 unspecified atom stereocenters. The third-order valence-corrected chi connectivity index (χ3v) is 6.98. The Labute approximate surface area is 181 Å². The number of furan rings is 1. The van der Waals surface area contributed by atoms with Gasteiger partial charge in [0, 0.05) is 16.3 Å². The first-order chi connectivity index (χ1) is 14.2. The number of carbonyl (C=O) groups excluding carboxylic acids is 1. The Morgan fingerprint density at radius 2 is 1.83 bits per heavy atom. The predicted octanol–water partition coefficient (Wildman–Crippen LogP) is 5.00. The highest BCUT2D eigenvalue weighted by atomic mass is 32.2. The summed E-state index contributed by atoms with van der Waals surface area (Å²) < 4.78 is 7.42. The number of carbonyl (C=O) groups is 1. The lowest BCUT2D eigenvalue weighted by Gasteiger charge is -2.21. The lowest BCUT2D eigenvalue weighted by atomic mass is 10.3. The van der Waals surface area contributed by atoms with E-state index in [1.54, 1.807) is 28.9 Å². The second kappa shape index (κ2) is 9.43. The second-order valence-corrected chi connectivity index (χ2v) is 9.23. The molecule has 4 aromatic heterocycles. The van der Waals surface area contributed by atoms with Crippen molar-refractivity contribution in [1.29, 1.82) is 0 Å². The van der Waals surface area contributed by atoms with Crippen LogP contribution in [0.25, 0.3) is 11.6 Å². The lowest BCUT2D eigenvalue weighted by molar-refractivity contribution is -0.129. The van der Waals surface area contributed by atoms with Crippen molar-refractivity contribution in [1.82, 2.24) is 19.7 Å². The molecule has 0 aliphatic heterocycles. The zero-order chi connectivity index (χ0) is 20.1. The molecule has 29 heavy (non-hydrogen) atoms. The summed E-state index contributed by atoms with van der Waals surface area (Å²) in [4.78, 5) is 17.3. The average molecular weight is 445 g/mol. The van der Waals surface area contributed by atoms with Crippen molar-refractivity contribution in [3.8, 4) is 11.6 Å². The quantitative estimate of drug-likeness (QED) is 0.340. The van der Waals surface area contributed by atoms with Gasteiger partial charge in [-0.1, -0.05) is 23.9 Å². The van der Waals surface area contributed by atoms with Crippen molar-refractivity contribution < 1.29 is 9.21 Å². The number of amides is 1. The summed E-state index contributed by atoms with van der Waals surface area (Å²) in [5, 5.41) is 13.3. The van der Waals surface area contributed by atoms with Gasteiger partial charge in [-0.2, -0.15) is 0 Å². The molecule has 0 aromatic carbocycles. The molecule has 4 aromatic rings. The van der Waals surface area contributed by atoms with Crippen LogP contribution in [-0.4, -0.2) is 31.3 Å². The minimum Gasteiger partial charge on any atom is -0.461 e. The molecular formula is C20H20N4O2S3. The minimum absolute atomic E-state index is 0.0852. The molecule has 0 atom stereocenters. The third kappa shape index (κ3) is 4.80. The molecule has 0 spiro atoms. The zero-order valence-electron chi connectivity index (χ0n) is 15.9. The van der Waals surface area contributed by atoms with Gasteiger partial charge in [-0.25, -0.2) is 0 Å². The SMILES string of the molecule is CCn1c(SCC(=O)N(Cc2cccs2)Cc2cccs2)nnc1-c1ccco1. The highest BCUT2D eigenvalue weighted by Crippen LogP contribution is 2.25. The molecule has 0 saturated carbocycles. The van der Waals surface area contributed by atoms with Gasteiger partial charge < -0.3 is 9.32 Å². The Balaban J connectivity index is 1.46. The van der Waals surface area contributed by atoms with Gasteiger partial charge in [0.1, 0.15) is 0 Å². The average Bonchev–Trinajstić information content (AvgIpc) is 3.53. The van der Waals surface area contributed by atoms with E-state index in [4.69, 9.17) is 4.42 Å². The van der Waals surface area contributed by atoms with Crippen LogP contribution in [0.15, 0.2) is 63.0 Å². The normalized spacial score (nSPS) is 11.1. The van der Waals surface area contributed by atoms with E-state index in [9.17, 15) is 4.79 Å². The Bertz CT molecular complexity index is 988. The topological polar surface area (TPSA) is 64.2 Å². The molecule has 0 aliphatic rings. The number of aromatic nitrogens is 3. The van der Waals surface area contributed by atoms with Gasteiger partial charge in [-0.05, 0) is 41.9 Å². The standard InChI is InChI=1S/C20H20N4O2S3/c1-2-24-19(17-8-3-9-26-17)21-22-20(24)29-14-18(25)23(12-15-6-4-10-27-15)13-16-7-5-11-28-16/h3-11H,2,12-14H2,1H3. The van der Waals surface area contributed by atoms with Crippen LogP contribution in [0.4, 0.5) is 0 Å². The molecule has 150 valence electrons. The number of nitrogens with zero attached hydrogens (tertiary/aromatic N) is 4. The Kier molecular flexibility index (Phi) is 6.48. The maximum absolute atomic E-state index is 13.0. The zero-order valence-corrected chi connectivity index (χ0v) is 18.3. The third-order valence-electron chi connectivity index (χ3n) is 4.31. The van der Waals surface area contributed by atoms with Crippen LogP contribution < -0.4 is 0 Å². The van der Waals surface area contributed by atoms with Gasteiger partial charge in [0.15, 0.2) is 16.7 Å². The second-order valence-electron chi connectivity index (χ2n) is 6.22. The van der Waals surface area contributed by atoms with Crippen LogP contribution in [0.5, 0.6) is 0 Å². The maximum Gasteiger partial charge on any atom is 0.233 e. The summed E-state index contributed by atoms with van der Waals surface area (Å²) >= 11 is 4.75. The number of thioether (sulfide) groups is 1. The lowest BCUT2D eigenvalue weighted by Crippen LogP contribution is -2.31. The first-order valence-electron chi connectivity index (χ1n) is 9.17. The summed E-state index contributed by atoms with van der Waals surface area (Å²) in [6.45, 7) is 3.97. The molecule has 4 rings (SSSR count). The van der Waals surface area contributed by atoms with E-state index in [0.29, 0.717) is 37.0 Å². The fraction of sp³-hybridized carbons (Fsp3) is 0.250. The fourth-order valence-corrected chi connectivity index (χ4v) is 5.24. The molecule has 0 N–H and O–H groups in total. The van der Waals surface area contributed by atoms with Crippen molar-refractivity contribution in [2.24, 2.45) is 0 Å². The van der Waals surface area contributed by atoms with Crippen LogP contribution in [0.1, 0.15) is 16.7 Å². The first kappa shape index (κ1) is 19.9. The fourth-order valence-electron chi connectivity index (χ4n) is 2.90. The maximum atomic E-state index is 13.0. The Morgan fingerprint density at radius 3 is 2.38 bits per heavy atom. The molecule has 1 amide bonds. The summed E-state index contributed by atoms with van der Waals surface area (Å²) in [7, 11) is 0. The molecule has 0 aliphatic carbocycles. The molecule has 6 nitrogen and oxygen atoms in total. The van der Waals surface area contributed by atoms with E-state index >= 15 is 0 Å². The summed E-state index contributed by atoms with van der Waals surface area (Å²) in [5.41, 5.74) is 0. The van der Waals surface area contributed by atoms with Gasteiger partial charge in [0.05, 0.1) is 25.1 Å². The van der Waals surface area contributed by atoms with Gasteiger partial charge in [-0.15, -0.1) is 32.9 Å². The van der Waals surface area contributed by atoms with E-state index in [-0.39, 0.29) is 5.91 Å². The van der Waals surface area contributed by atoms with Gasteiger partial charge in [-0.3, -0.25) is 9.36 Å². The van der Waals surface area contributed by atoms with Crippen LogP contribution in [0, 0.1) is 0 Å². The smallest absolute Gasteiger partial charge is 0.233 e. The van der Waals surface area contributed by atoms with Crippen LogP contribution >= 0.6 is 34.4 Å². The van der Waals surface area contributed by atoms with E-state index < -0.39 is 0 Å². The molecule has 0 radical (unpaired) electrons. The van der Waals surface area contributed by atoms with E-state index in [0.717, 1.165) is 5.16 Å². The van der Waals surface area contributed by atoms with Crippen molar-refractivity contribution in [3.05, 3.63) is 63.2 Å². The van der Waals surface area contributed by atoms with Gasteiger partial charge in [0.2, 0.25) is 5.91 Å². The monoisotopic (exact) mass is 444 g/mol. The van der Waals surface area contributed by atoms with Crippen molar-refractivity contribution >= 4 is 40.3 Å². The van der Waals surface area contributed by atoms with Crippen LogP contribution in [0.2, 0.25) is 0 Å². The molecule has 0 saturated heterocycles. The Morgan fingerprint density at radius 1 is 1.10 bits per heavy atom. The van der Waals surface area contributed by atoms with Crippen molar-refractivity contribution in [2.45, 2.75) is 31.7 Å². The van der Waals surface area contributed by atoms with Crippen molar-refractivity contribution in [3.63, 3.8) is 0 Å². The van der Waals surface area contributed by atoms with Gasteiger partial charge in [0.25, 0.3) is 0 Å². The van der Waals surface area contributed by atoms with E-state index in [2.05, 4.69) is 22.3 Å². The number of hydrogen-bond donors (Lipinski definition) is 0. The number of hydrogen-bond acceptors (Lipinski definition) is 7. The predicted molar refractivity (Wildman–Crippen MR) is 117 cm³/mol. The molecule has 4 heterocycles. The molecule has 0 fully saturated rings.